The quantitative estimate of drug-likeness (QED) is 0.303. The minimum atomic E-state index is -4.76. The van der Waals surface area contributed by atoms with Crippen molar-refractivity contribution in [3.8, 4) is 0 Å². The molecule has 0 spiro atoms. The molecule has 5 rings (SSSR count). The minimum Gasteiger partial charge on any atom is -0.343 e. The molecule has 194 valence electrons. The zero-order chi connectivity index (χ0) is 27.2. The number of halogens is 5. The zero-order valence-corrected chi connectivity index (χ0v) is 19.9. The number of fused-ring (bicyclic) bond motifs is 1. The number of aromatic amines is 1. The van der Waals surface area contributed by atoms with E-state index in [-0.39, 0.29) is 28.4 Å². The second-order valence-corrected chi connectivity index (χ2v) is 8.71. The fourth-order valence-corrected chi connectivity index (χ4v) is 4.21. The van der Waals surface area contributed by atoms with Crippen LogP contribution < -0.4 is 10.6 Å². The first-order chi connectivity index (χ1) is 18.0. The van der Waals surface area contributed by atoms with E-state index >= 15 is 4.39 Å². The molecule has 1 aliphatic heterocycles. The van der Waals surface area contributed by atoms with Gasteiger partial charge < -0.3 is 10.6 Å². The van der Waals surface area contributed by atoms with Crippen LogP contribution >= 0.6 is 0 Å². The van der Waals surface area contributed by atoms with Gasteiger partial charge in [-0.05, 0) is 44.2 Å². The van der Waals surface area contributed by atoms with Gasteiger partial charge in [0.05, 0.1) is 28.5 Å². The minimum absolute atomic E-state index is 0.0927. The number of carbonyl (C=O) groups excluding carboxylic acids is 1. The molecule has 2 aromatic carbocycles. The fraction of sp³-hybridized carbons (Fsp3) is 0.154. The third-order valence-electron chi connectivity index (χ3n) is 6.05. The number of nitrogens with one attached hydrogen (secondary N) is 3. The topological polar surface area (TPSA) is 95.1 Å². The van der Waals surface area contributed by atoms with Gasteiger partial charge in [-0.2, -0.15) is 18.3 Å². The Kier molecular flexibility index (Phi) is 6.17. The van der Waals surface area contributed by atoms with Crippen molar-refractivity contribution in [3.05, 3.63) is 100 Å². The molecule has 4 aromatic rings. The van der Waals surface area contributed by atoms with Gasteiger partial charge in [0, 0.05) is 40.2 Å². The summed E-state index contributed by atoms with van der Waals surface area (Å²) < 4.78 is 69.3. The molecule has 3 heterocycles. The van der Waals surface area contributed by atoms with Crippen LogP contribution in [0, 0.1) is 18.6 Å². The van der Waals surface area contributed by atoms with Gasteiger partial charge in [-0.3, -0.25) is 19.9 Å². The van der Waals surface area contributed by atoms with Gasteiger partial charge in [0.15, 0.2) is 0 Å². The molecule has 1 aliphatic rings. The van der Waals surface area contributed by atoms with E-state index in [4.69, 9.17) is 0 Å². The average molecular weight is 526 g/mol. The first-order valence-corrected chi connectivity index (χ1v) is 11.3. The normalized spacial score (nSPS) is 15.9. The van der Waals surface area contributed by atoms with E-state index in [9.17, 15) is 22.4 Å². The number of amides is 1. The molecule has 0 fully saturated rings. The molecule has 3 N–H and O–H groups in total. The number of nitrogens with zero attached hydrogens (tertiary/aromatic N) is 3. The molecular formula is C26H19F5N6O. The van der Waals surface area contributed by atoms with Crippen LogP contribution in [0.2, 0.25) is 0 Å². The molecule has 12 heteroatoms. The summed E-state index contributed by atoms with van der Waals surface area (Å²) in [4.78, 5) is 22.1. The number of benzene rings is 2. The lowest BCUT2D eigenvalue weighted by Gasteiger charge is -2.27. The molecule has 7 nitrogen and oxygen atoms in total. The van der Waals surface area contributed by atoms with Crippen LogP contribution in [0.25, 0.3) is 10.9 Å². The van der Waals surface area contributed by atoms with E-state index in [2.05, 4.69) is 30.8 Å². The van der Waals surface area contributed by atoms with Crippen molar-refractivity contribution in [2.45, 2.75) is 26.1 Å². The van der Waals surface area contributed by atoms with Crippen LogP contribution in [0.5, 0.6) is 0 Å². The van der Waals surface area contributed by atoms with Gasteiger partial charge in [0.2, 0.25) is 0 Å². The summed E-state index contributed by atoms with van der Waals surface area (Å²) in [6, 6.07) is 6.60. The van der Waals surface area contributed by atoms with Crippen LogP contribution in [0.3, 0.4) is 0 Å². The summed E-state index contributed by atoms with van der Waals surface area (Å²) in [6.45, 7) is 3.30. The number of allylic oxidation sites excluding steroid dienone is 1. The number of aryl methyl sites for hydroxylation is 1. The van der Waals surface area contributed by atoms with Crippen molar-refractivity contribution in [1.29, 1.82) is 0 Å². The maximum Gasteiger partial charge on any atom is 0.416 e. The van der Waals surface area contributed by atoms with Gasteiger partial charge in [0.1, 0.15) is 23.5 Å². The summed E-state index contributed by atoms with van der Waals surface area (Å²) in [5.74, 6) is -2.48. The lowest BCUT2D eigenvalue weighted by atomic mass is 9.93. The maximum atomic E-state index is 15.1. The third-order valence-corrected chi connectivity index (χ3v) is 6.05. The third kappa shape index (κ3) is 4.72. The molecule has 0 saturated carbocycles. The SMILES string of the molecule is CC1=C(C(=O)Nc2cc3cn[nH]c3cc2F)C(c2ccc(C(F)(F)F)cc2F)N=C(c2ccnc(C)c2)N1. The summed E-state index contributed by atoms with van der Waals surface area (Å²) in [5, 5.41) is 12.5. The Morgan fingerprint density at radius 3 is 2.53 bits per heavy atom. The Hall–Kier alpha value is -4.61. The number of anilines is 1. The molecule has 2 aromatic heterocycles. The lowest BCUT2D eigenvalue weighted by molar-refractivity contribution is -0.137. The molecule has 0 aliphatic carbocycles. The van der Waals surface area contributed by atoms with Crippen molar-refractivity contribution in [3.63, 3.8) is 0 Å². The first kappa shape index (κ1) is 25.1. The molecule has 1 unspecified atom stereocenters. The van der Waals surface area contributed by atoms with E-state index in [1.807, 2.05) is 0 Å². The summed E-state index contributed by atoms with van der Waals surface area (Å²) in [7, 11) is 0. The van der Waals surface area contributed by atoms with E-state index in [0.717, 1.165) is 18.2 Å². The predicted octanol–water partition coefficient (Wildman–Crippen LogP) is 5.57. The highest BCUT2D eigenvalue weighted by Crippen LogP contribution is 2.37. The smallest absolute Gasteiger partial charge is 0.343 e. The number of hydrogen-bond acceptors (Lipinski definition) is 5. The van der Waals surface area contributed by atoms with Crippen LogP contribution in [-0.2, 0) is 11.0 Å². The number of carbonyl (C=O) groups is 1. The maximum absolute atomic E-state index is 15.1. The fourth-order valence-electron chi connectivity index (χ4n) is 4.21. The van der Waals surface area contributed by atoms with Crippen molar-refractivity contribution in [2.24, 2.45) is 4.99 Å². The van der Waals surface area contributed by atoms with E-state index in [0.29, 0.717) is 28.2 Å². The highest BCUT2D eigenvalue weighted by Gasteiger charge is 2.35. The molecule has 0 bridgehead atoms. The van der Waals surface area contributed by atoms with Crippen molar-refractivity contribution < 1.29 is 26.7 Å². The van der Waals surface area contributed by atoms with E-state index in [1.165, 1.54) is 12.3 Å². The molecule has 38 heavy (non-hydrogen) atoms. The average Bonchev–Trinajstić information content (AvgIpc) is 3.30. The predicted molar refractivity (Wildman–Crippen MR) is 130 cm³/mol. The van der Waals surface area contributed by atoms with Gasteiger partial charge in [-0.25, -0.2) is 8.78 Å². The van der Waals surface area contributed by atoms with Gasteiger partial charge in [-0.1, -0.05) is 6.07 Å². The van der Waals surface area contributed by atoms with Gasteiger partial charge in [0.25, 0.3) is 5.91 Å². The number of amidine groups is 1. The standard InChI is InChI=1S/C26H19F5N6O/c1-12-7-14(5-6-32-12)24-34-13(2)22(23(36-24)17-4-3-16(9-18(17)27)26(29,30)31)25(38)35-21-8-15-11-33-37-20(15)10-19(21)28/h3-11,23H,1-2H3,(H,33,37)(H,34,36)(H,35,38). The summed E-state index contributed by atoms with van der Waals surface area (Å²) in [5.41, 5.74) is 0.240. The highest BCUT2D eigenvalue weighted by molar-refractivity contribution is 6.09. The molecule has 0 radical (unpaired) electrons. The Balaban J connectivity index is 1.59. The van der Waals surface area contributed by atoms with Crippen molar-refractivity contribution in [2.75, 3.05) is 5.32 Å². The molecular weight excluding hydrogens is 507 g/mol. The number of aliphatic imine (C=N–C) groups is 1. The number of hydrogen-bond donors (Lipinski definition) is 3. The first-order valence-electron chi connectivity index (χ1n) is 11.3. The van der Waals surface area contributed by atoms with Gasteiger partial charge >= 0.3 is 6.18 Å². The molecule has 1 amide bonds. The second kappa shape index (κ2) is 9.36. The molecule has 1 atom stereocenters. The van der Waals surface area contributed by atoms with Crippen LogP contribution in [0.1, 0.15) is 35.3 Å². The van der Waals surface area contributed by atoms with E-state index in [1.54, 1.807) is 32.2 Å². The monoisotopic (exact) mass is 526 g/mol. The van der Waals surface area contributed by atoms with E-state index < -0.39 is 35.3 Å². The number of pyridine rings is 1. The number of H-pyrrole nitrogens is 1. The Morgan fingerprint density at radius 1 is 1.03 bits per heavy atom. The van der Waals surface area contributed by atoms with Crippen molar-refractivity contribution >= 4 is 28.3 Å². The van der Waals surface area contributed by atoms with Crippen LogP contribution in [0.15, 0.2) is 71.1 Å². The number of alkyl halides is 3. The van der Waals surface area contributed by atoms with Gasteiger partial charge in [-0.15, -0.1) is 0 Å². The Labute approximate surface area is 212 Å². The summed E-state index contributed by atoms with van der Waals surface area (Å²) in [6.07, 6.45) is -1.77. The zero-order valence-electron chi connectivity index (χ0n) is 19.9. The Bertz CT molecular complexity index is 1640. The lowest BCUT2D eigenvalue weighted by Crippen LogP contribution is -2.34. The van der Waals surface area contributed by atoms with Crippen LogP contribution in [-0.4, -0.2) is 26.9 Å². The molecule has 0 saturated heterocycles. The van der Waals surface area contributed by atoms with Crippen molar-refractivity contribution in [1.82, 2.24) is 20.5 Å². The highest BCUT2D eigenvalue weighted by atomic mass is 19.4. The summed E-state index contributed by atoms with van der Waals surface area (Å²) >= 11 is 0. The Morgan fingerprint density at radius 2 is 1.82 bits per heavy atom. The second-order valence-electron chi connectivity index (χ2n) is 8.71. The largest absolute Gasteiger partial charge is 0.416 e. The van der Waals surface area contributed by atoms with Crippen LogP contribution in [0.4, 0.5) is 27.6 Å². The number of aromatic nitrogens is 3. The number of rotatable bonds is 4.